The number of primary amides is 2. The molecule has 0 unspecified atom stereocenters. The zero-order valence-corrected chi connectivity index (χ0v) is 72.5. The molecular weight excluding hydrogens is 1550 g/mol. The number of carbonyl (C=O) groups excluding carboxylic acids is 15. The lowest BCUT2D eigenvalue weighted by Gasteiger charge is -2.31. The van der Waals surface area contributed by atoms with Gasteiger partial charge in [-0.2, -0.15) is 0 Å². The number of fused-ring (bicyclic) bond motifs is 3. The number of benzene rings is 2. The summed E-state index contributed by atoms with van der Waals surface area (Å²) in [6, 6.07) is -4.84. The van der Waals surface area contributed by atoms with Crippen LogP contribution in [0.5, 0.6) is 0 Å². The third-order valence-electron chi connectivity index (χ3n) is 21.3. The Morgan fingerprint density at radius 3 is 1.21 bits per heavy atom. The molecule has 0 spiro atoms. The summed E-state index contributed by atoms with van der Waals surface area (Å²) >= 11 is 0. The highest BCUT2D eigenvalue weighted by Crippen LogP contribution is 2.40. The number of unbranched alkanes of at least 4 members (excludes halogenated alkanes) is 2. The lowest BCUT2D eigenvalue weighted by molar-refractivity contribution is -0.142. The highest BCUT2D eigenvalue weighted by Gasteiger charge is 2.40. The average Bonchev–Trinajstić information content (AvgIpc) is 1.61. The number of carbonyl (C=O) groups is 16. The number of rotatable bonds is 57. The van der Waals surface area contributed by atoms with Gasteiger partial charge in [0.05, 0.1) is 13.0 Å². The third kappa shape index (κ3) is 34.5. The smallest absolute Gasteiger partial charge is 0.325 e. The standard InChI is InChI=1S/C84H138N18O18/c1-15-24-58(92-77(112)61(32-33-65(88)104)95-80(115)68(46(8)9)100-72(107)57(87)43-103)74(109)93-59(29-18-20-36-85)75(110)96-62(39-44(4)5)73(108)90-38-35-52-26-23-28-54-53-27-22-25-51(55(53)41-56(52)54)31-34-67(106)99-70(48(12)16-2)82(117)102-71(49(13)17-3)83(118)101-69(47(10)11)81(116)94-60(30-19-21-37-86)76(111)97-63(40-45(6)7)79(114)98-64(42-66(89)105)78(113)91-50(14)84(119)120/h22-23,25-28,44-50,57-64,68-71,103H,15-21,24,29-43,85-87H2,1-14H3,(H2,88,104)(H2,89,105)(H,90,108)(H,91,113)(H,92,112)(H,93,109)(H,94,116)(H,95,115)(H,96,110)(H,97,111)(H,98,114)(H,99,106)(H,100,107)(H,101,118)(H,102,117)(H,119,120)/t48-,49-,50-,57-,58-,59-,60-,61-,62-,63-,64-,68-,69-,70-,71-/m0/s1. The first-order valence-electron chi connectivity index (χ1n) is 42.3. The predicted octanol–water partition coefficient (Wildman–Crippen LogP) is -0.214. The fourth-order valence-electron chi connectivity index (χ4n) is 13.8. The van der Waals surface area contributed by atoms with E-state index in [0.717, 1.165) is 33.4 Å². The molecule has 120 heavy (non-hydrogen) atoms. The Labute approximate surface area is 705 Å². The first-order valence-corrected chi connectivity index (χ1v) is 42.3. The van der Waals surface area contributed by atoms with Gasteiger partial charge in [0, 0.05) is 19.4 Å². The van der Waals surface area contributed by atoms with E-state index in [4.69, 9.17) is 28.7 Å². The lowest BCUT2D eigenvalue weighted by atomic mass is 9.93. The van der Waals surface area contributed by atoms with Gasteiger partial charge in [-0.3, -0.25) is 76.7 Å². The Balaban J connectivity index is 1.79. The van der Waals surface area contributed by atoms with Crippen LogP contribution in [0.1, 0.15) is 222 Å². The van der Waals surface area contributed by atoms with Crippen molar-refractivity contribution in [2.75, 3.05) is 26.2 Å². The quantitative estimate of drug-likeness (QED) is 0.0325. The van der Waals surface area contributed by atoms with Crippen molar-refractivity contribution in [1.82, 2.24) is 69.1 Å². The Hall–Kier alpha value is -10.2. The van der Waals surface area contributed by atoms with Crippen LogP contribution in [0.15, 0.2) is 36.4 Å². The molecule has 36 heteroatoms. The van der Waals surface area contributed by atoms with Crippen molar-refractivity contribution < 1.29 is 86.9 Å². The Bertz CT molecular complexity index is 3800. The largest absolute Gasteiger partial charge is 0.480 e. The van der Waals surface area contributed by atoms with Gasteiger partial charge in [0.1, 0.15) is 78.5 Å². The molecule has 0 radical (unpaired) electrons. The topological polar surface area (TPSA) is 600 Å². The Morgan fingerprint density at radius 2 is 0.792 bits per heavy atom. The molecule has 672 valence electrons. The first kappa shape index (κ1) is 104. The summed E-state index contributed by atoms with van der Waals surface area (Å²) in [7, 11) is 0. The molecule has 3 rings (SSSR count). The number of aliphatic hydroxyl groups excluding tert-OH is 1. The lowest BCUT2D eigenvalue weighted by Crippen LogP contribution is -2.62. The van der Waals surface area contributed by atoms with Gasteiger partial charge in [0.2, 0.25) is 88.6 Å². The number of carboxylic acid groups (broad SMARTS) is 1. The summed E-state index contributed by atoms with van der Waals surface area (Å²) < 4.78 is 0. The predicted molar refractivity (Wildman–Crippen MR) is 452 cm³/mol. The molecule has 25 N–H and O–H groups in total. The maximum absolute atomic E-state index is 14.6. The number of hydrogen-bond acceptors (Lipinski definition) is 20. The normalized spacial score (nSPS) is 15.4. The van der Waals surface area contributed by atoms with Crippen LogP contribution in [-0.2, 0) is 96.0 Å². The van der Waals surface area contributed by atoms with Crippen molar-refractivity contribution in [3.05, 3.63) is 58.7 Å². The number of aliphatic carboxylic acids is 1. The number of aliphatic hydroxyl groups is 1. The van der Waals surface area contributed by atoms with Crippen molar-refractivity contribution >= 4 is 94.6 Å². The van der Waals surface area contributed by atoms with E-state index in [-0.39, 0.29) is 82.8 Å². The molecule has 1 aliphatic carbocycles. The summed E-state index contributed by atoms with van der Waals surface area (Å²) in [6.45, 7) is 24.1. The van der Waals surface area contributed by atoms with E-state index in [9.17, 15) is 86.9 Å². The Kier molecular flexibility index (Phi) is 45.7. The third-order valence-corrected chi connectivity index (χ3v) is 21.3. The van der Waals surface area contributed by atoms with E-state index in [1.54, 1.807) is 62.3 Å². The second kappa shape index (κ2) is 52.8. The van der Waals surface area contributed by atoms with Gasteiger partial charge in [-0.25, -0.2) is 0 Å². The van der Waals surface area contributed by atoms with Gasteiger partial charge >= 0.3 is 5.97 Å². The number of nitrogens with two attached hydrogens (primary N) is 5. The molecule has 1 aliphatic rings. The molecule has 36 nitrogen and oxygen atoms in total. The van der Waals surface area contributed by atoms with Crippen LogP contribution in [0.3, 0.4) is 0 Å². The first-order chi connectivity index (χ1) is 56.6. The number of amides is 15. The summed E-state index contributed by atoms with van der Waals surface area (Å²) in [5, 5.41) is 53.8. The van der Waals surface area contributed by atoms with Crippen LogP contribution in [0, 0.1) is 35.5 Å². The molecule has 0 heterocycles. The second-order valence-electron chi connectivity index (χ2n) is 32.9. The zero-order valence-electron chi connectivity index (χ0n) is 72.5. The maximum atomic E-state index is 14.6. The van der Waals surface area contributed by atoms with Crippen LogP contribution >= 0.6 is 0 Å². The van der Waals surface area contributed by atoms with Crippen LogP contribution in [0.4, 0.5) is 0 Å². The van der Waals surface area contributed by atoms with Crippen LogP contribution in [0.25, 0.3) is 11.1 Å². The van der Waals surface area contributed by atoms with Gasteiger partial charge in [0.25, 0.3) is 0 Å². The van der Waals surface area contributed by atoms with Gasteiger partial charge < -0.3 is 108 Å². The van der Waals surface area contributed by atoms with Crippen molar-refractivity contribution in [3.8, 4) is 11.1 Å². The van der Waals surface area contributed by atoms with Gasteiger partial charge in [-0.05, 0) is 172 Å². The molecule has 15 amide bonds. The zero-order chi connectivity index (χ0) is 90.4. The molecule has 0 bridgehead atoms. The fourth-order valence-corrected chi connectivity index (χ4v) is 13.8. The van der Waals surface area contributed by atoms with Gasteiger partial charge in [-0.15, -0.1) is 0 Å². The number of nitrogens with one attached hydrogen (secondary N) is 13. The minimum atomic E-state index is -1.60. The van der Waals surface area contributed by atoms with E-state index >= 15 is 0 Å². The number of carboxylic acids is 1. The van der Waals surface area contributed by atoms with Crippen LogP contribution in [-0.4, -0.2) is 210 Å². The van der Waals surface area contributed by atoms with Crippen molar-refractivity contribution in [2.45, 2.75) is 297 Å². The van der Waals surface area contributed by atoms with Gasteiger partial charge in [0.15, 0.2) is 0 Å². The second-order valence-corrected chi connectivity index (χ2v) is 32.9. The van der Waals surface area contributed by atoms with Crippen molar-refractivity contribution in [1.29, 1.82) is 0 Å². The van der Waals surface area contributed by atoms with Crippen LogP contribution in [0.2, 0.25) is 0 Å². The fraction of sp³-hybridized carbons (Fsp3) is 0.667. The van der Waals surface area contributed by atoms with E-state index in [1.807, 2.05) is 64.1 Å². The van der Waals surface area contributed by atoms with Crippen molar-refractivity contribution in [2.24, 2.45) is 64.2 Å². The number of aryl methyl sites for hydroxylation is 1. The highest BCUT2D eigenvalue weighted by atomic mass is 16.4. The minimum absolute atomic E-state index is 0.0141. The minimum Gasteiger partial charge on any atom is -0.480 e. The summed E-state index contributed by atoms with van der Waals surface area (Å²) in [5.41, 5.74) is 34.0. The monoisotopic (exact) mass is 1690 g/mol. The molecular formula is C84H138N18O18. The molecule has 15 atom stereocenters. The average molecular weight is 1690 g/mol. The maximum Gasteiger partial charge on any atom is 0.325 e. The molecule has 2 aromatic rings. The Morgan fingerprint density at radius 1 is 0.408 bits per heavy atom. The molecule has 0 saturated carbocycles. The summed E-state index contributed by atoms with van der Waals surface area (Å²) in [6.07, 6.45) is 3.31. The SMILES string of the molecule is CCC[C@H](NC(=O)[C@H](CCC(N)=O)NC(=O)[C@@H](NC(=O)[C@@H](N)CO)C(C)C)C(=O)N[C@@H](CCCCN)C(=O)N[C@@H](CC(C)C)C(=O)NCCc1cccc2c1Cc1c(CCC(=O)N[C@H](C(=O)N[C@H](C(=O)N[C@H](C(=O)N[C@@H](CCCCN)C(=O)N[C@@H](CC(C)C)C(=O)N[C@@H](CC(N)=O)C(=O)N[C@@H](C)C(=O)O)C(C)C)[C@@H](C)CC)[C@@H](C)CC)cccc1-2. The molecule has 0 saturated heterocycles. The summed E-state index contributed by atoms with van der Waals surface area (Å²) in [4.78, 5) is 218. The van der Waals surface area contributed by atoms with Crippen LogP contribution < -0.4 is 97.8 Å². The molecule has 0 aromatic heterocycles. The van der Waals surface area contributed by atoms with E-state index < -0.39 is 210 Å². The highest BCUT2D eigenvalue weighted by molar-refractivity contribution is 6.00. The van der Waals surface area contributed by atoms with Gasteiger partial charge in [-0.1, -0.05) is 146 Å². The van der Waals surface area contributed by atoms with E-state index in [0.29, 0.717) is 64.2 Å². The molecule has 2 aromatic carbocycles. The number of hydrogen-bond donors (Lipinski definition) is 20. The van der Waals surface area contributed by atoms with E-state index in [1.165, 1.54) is 6.92 Å². The molecule has 0 fully saturated rings. The molecule has 0 aliphatic heterocycles. The van der Waals surface area contributed by atoms with E-state index in [2.05, 4.69) is 69.1 Å². The summed E-state index contributed by atoms with van der Waals surface area (Å²) in [5.74, 6) is -15.0. The van der Waals surface area contributed by atoms with Crippen molar-refractivity contribution in [3.63, 3.8) is 0 Å².